The van der Waals surface area contributed by atoms with Crippen LogP contribution < -0.4 is 5.11 Å². The molecule has 0 aliphatic heterocycles. The lowest BCUT2D eigenvalue weighted by atomic mass is 10.2. The van der Waals surface area contributed by atoms with Gasteiger partial charge in [0.05, 0.1) is 12.2 Å². The minimum atomic E-state index is -1.65. The van der Waals surface area contributed by atoms with Gasteiger partial charge in [0.25, 0.3) is 0 Å². The summed E-state index contributed by atoms with van der Waals surface area (Å²) in [5.74, 6) is -2.44. The molecule has 0 aliphatic carbocycles. The lowest BCUT2D eigenvalue weighted by Crippen LogP contribution is -2.31. The third-order valence-electron chi connectivity index (χ3n) is 1.01. The molecule has 0 bridgehead atoms. The molecule has 0 spiro atoms. The van der Waals surface area contributed by atoms with E-state index in [0.717, 1.165) is 0 Å². The highest BCUT2D eigenvalue weighted by atomic mass is 16.4. The molecule has 0 heterocycles. The number of hydrogen-bond donors (Lipinski definition) is 3. The maximum atomic E-state index is 10.5. The Bertz CT molecular complexity index is 172. The summed E-state index contributed by atoms with van der Waals surface area (Å²) in [6.45, 7) is 1.19. The van der Waals surface area contributed by atoms with E-state index in [-0.39, 0.29) is 0 Å². The van der Waals surface area contributed by atoms with Crippen molar-refractivity contribution < 1.29 is 25.2 Å². The molecule has 0 aromatic heterocycles. The van der Waals surface area contributed by atoms with E-state index in [1.54, 1.807) is 0 Å². The second kappa shape index (κ2) is 3.95. The van der Waals surface area contributed by atoms with Crippen LogP contribution in [-0.2, 0) is 4.79 Å². The highest BCUT2D eigenvalue weighted by molar-refractivity contribution is 5.80. The Hall–Kier alpha value is -1.07. The van der Waals surface area contributed by atoms with Gasteiger partial charge in [0.2, 0.25) is 0 Å². The molecule has 0 fully saturated rings. The van der Waals surface area contributed by atoms with Gasteiger partial charge in [-0.25, -0.2) is 4.79 Å². The van der Waals surface area contributed by atoms with E-state index >= 15 is 0 Å². The minimum Gasteiger partial charge on any atom is -0.873 e. The molecule has 3 N–H and O–H groups in total. The van der Waals surface area contributed by atoms with E-state index in [4.69, 9.17) is 15.3 Å². The fraction of sp³-hybridized carbons (Fsp3) is 0.500. The molecule has 0 amide bonds. The van der Waals surface area contributed by atoms with E-state index in [1.807, 2.05) is 0 Å². The average Bonchev–Trinajstić information content (AvgIpc) is 1.84. The second-order valence-corrected chi connectivity index (χ2v) is 2.07. The molecule has 0 aliphatic rings. The Labute approximate surface area is 63.2 Å². The van der Waals surface area contributed by atoms with Gasteiger partial charge in [-0.2, -0.15) is 0 Å². The summed E-state index contributed by atoms with van der Waals surface area (Å²) < 4.78 is 0. The molecular formula is C6H9O5-. The van der Waals surface area contributed by atoms with Crippen LogP contribution in [0.25, 0.3) is 0 Å². The van der Waals surface area contributed by atoms with Crippen molar-refractivity contribution in [2.24, 2.45) is 0 Å². The molecule has 0 aromatic rings. The Morgan fingerprint density at radius 2 is 2.00 bits per heavy atom. The first kappa shape index (κ1) is 9.93. The van der Waals surface area contributed by atoms with Crippen molar-refractivity contribution in [2.75, 3.05) is 0 Å². The van der Waals surface area contributed by atoms with Crippen LogP contribution >= 0.6 is 0 Å². The lowest BCUT2D eigenvalue weighted by Gasteiger charge is -2.20. The molecule has 0 saturated heterocycles. The number of rotatable bonds is 3. The van der Waals surface area contributed by atoms with Crippen LogP contribution in [0.4, 0.5) is 0 Å². The van der Waals surface area contributed by atoms with Crippen LogP contribution in [-0.4, -0.2) is 33.5 Å². The minimum absolute atomic E-state index is 0.317. The van der Waals surface area contributed by atoms with Crippen molar-refractivity contribution in [1.29, 1.82) is 0 Å². The van der Waals surface area contributed by atoms with Gasteiger partial charge in [-0.15, -0.1) is 0 Å². The Balaban J connectivity index is 4.23. The molecule has 0 rings (SSSR count). The summed E-state index contributed by atoms with van der Waals surface area (Å²) in [5, 5.41) is 36.0. The van der Waals surface area contributed by atoms with Crippen molar-refractivity contribution in [3.63, 3.8) is 0 Å². The SMILES string of the molecule is C[C@@H](O)[C@H](O)/C([O-])=C/C(=O)O. The van der Waals surface area contributed by atoms with Crippen LogP contribution in [0.2, 0.25) is 0 Å². The first-order chi connectivity index (χ1) is 4.95. The van der Waals surface area contributed by atoms with Gasteiger partial charge in [0, 0.05) is 6.08 Å². The van der Waals surface area contributed by atoms with Crippen LogP contribution in [0.3, 0.4) is 0 Å². The average molecular weight is 161 g/mol. The summed E-state index contributed by atoms with van der Waals surface area (Å²) in [6, 6.07) is 0. The number of carbonyl (C=O) groups is 1. The van der Waals surface area contributed by atoms with Crippen LogP contribution in [0.5, 0.6) is 0 Å². The number of aliphatic hydroxyl groups excluding tert-OH is 2. The zero-order valence-corrected chi connectivity index (χ0v) is 5.89. The number of aliphatic hydroxyl groups is 2. The summed E-state index contributed by atoms with van der Waals surface area (Å²) >= 11 is 0. The molecule has 11 heavy (non-hydrogen) atoms. The van der Waals surface area contributed by atoms with Gasteiger partial charge >= 0.3 is 5.97 Å². The molecule has 5 nitrogen and oxygen atoms in total. The molecule has 0 aromatic carbocycles. The maximum absolute atomic E-state index is 10.5. The topological polar surface area (TPSA) is 101 Å². The zero-order chi connectivity index (χ0) is 9.02. The van der Waals surface area contributed by atoms with Crippen LogP contribution in [0.1, 0.15) is 6.92 Å². The van der Waals surface area contributed by atoms with Gasteiger partial charge in [0.1, 0.15) is 0 Å². The smallest absolute Gasteiger partial charge is 0.327 e. The fourth-order valence-electron chi connectivity index (χ4n) is 0.445. The van der Waals surface area contributed by atoms with Gasteiger partial charge in [-0.05, 0) is 6.92 Å². The van der Waals surface area contributed by atoms with Gasteiger partial charge in [0.15, 0.2) is 0 Å². The van der Waals surface area contributed by atoms with E-state index in [2.05, 4.69) is 0 Å². The van der Waals surface area contributed by atoms with Crippen molar-refractivity contribution in [3.8, 4) is 0 Å². The van der Waals surface area contributed by atoms with E-state index in [1.165, 1.54) is 6.92 Å². The number of aliphatic carboxylic acids is 1. The second-order valence-electron chi connectivity index (χ2n) is 2.07. The lowest BCUT2D eigenvalue weighted by molar-refractivity contribution is -0.324. The largest absolute Gasteiger partial charge is 0.873 e. The molecule has 0 saturated carbocycles. The molecule has 2 atom stereocenters. The van der Waals surface area contributed by atoms with Crippen molar-refractivity contribution in [3.05, 3.63) is 11.8 Å². The number of carboxylic acids is 1. The van der Waals surface area contributed by atoms with Gasteiger partial charge < -0.3 is 20.4 Å². The summed E-state index contributed by atoms with van der Waals surface area (Å²) in [6.07, 6.45) is -2.58. The van der Waals surface area contributed by atoms with Gasteiger partial charge in [-0.3, -0.25) is 0 Å². The molecular weight excluding hydrogens is 152 g/mol. The summed E-state index contributed by atoms with van der Waals surface area (Å²) in [5.41, 5.74) is 0. The van der Waals surface area contributed by atoms with E-state index < -0.39 is 23.9 Å². The number of hydrogen-bond acceptors (Lipinski definition) is 4. The molecule has 64 valence electrons. The molecule has 0 unspecified atom stereocenters. The Kier molecular flexibility index (Phi) is 3.56. The van der Waals surface area contributed by atoms with Crippen LogP contribution in [0, 0.1) is 0 Å². The normalized spacial score (nSPS) is 17.5. The first-order valence-corrected chi connectivity index (χ1v) is 2.92. The van der Waals surface area contributed by atoms with Crippen LogP contribution in [0.15, 0.2) is 11.8 Å². The molecule has 0 radical (unpaired) electrons. The highest BCUT2D eigenvalue weighted by Gasteiger charge is 2.09. The Morgan fingerprint density at radius 1 is 1.55 bits per heavy atom. The number of carboxylic acid groups (broad SMARTS) is 1. The first-order valence-electron chi connectivity index (χ1n) is 2.92. The maximum Gasteiger partial charge on any atom is 0.327 e. The third kappa shape index (κ3) is 3.59. The zero-order valence-electron chi connectivity index (χ0n) is 5.89. The standard InChI is InChI=1S/C6H10O5/c1-3(7)6(11)4(8)2-5(9)10/h2-3,6-8,11H,1H3,(H,9,10)/p-1/b4-2-/t3-,6+/m1/s1. The monoisotopic (exact) mass is 161 g/mol. The van der Waals surface area contributed by atoms with Crippen molar-refractivity contribution in [1.82, 2.24) is 0 Å². The quantitative estimate of drug-likeness (QED) is 0.330. The highest BCUT2D eigenvalue weighted by Crippen LogP contribution is 1.99. The van der Waals surface area contributed by atoms with Crippen molar-refractivity contribution in [2.45, 2.75) is 19.1 Å². The van der Waals surface area contributed by atoms with Crippen molar-refractivity contribution >= 4 is 5.97 Å². The van der Waals surface area contributed by atoms with E-state index in [9.17, 15) is 9.90 Å². The Morgan fingerprint density at radius 3 is 2.27 bits per heavy atom. The molecule has 5 heteroatoms. The predicted octanol–water partition coefficient (Wildman–Crippen LogP) is -1.94. The fourth-order valence-corrected chi connectivity index (χ4v) is 0.445. The van der Waals surface area contributed by atoms with Gasteiger partial charge in [-0.1, -0.05) is 5.76 Å². The summed E-state index contributed by atoms with van der Waals surface area (Å²) in [4.78, 5) is 9.87. The third-order valence-corrected chi connectivity index (χ3v) is 1.01. The predicted molar refractivity (Wildman–Crippen MR) is 33.4 cm³/mol. The summed E-state index contributed by atoms with van der Waals surface area (Å²) in [7, 11) is 0. The van der Waals surface area contributed by atoms with E-state index in [0.29, 0.717) is 6.08 Å².